The Hall–Kier alpha value is -2.57. The number of amides is 2. The van der Waals surface area contributed by atoms with Gasteiger partial charge in [0, 0.05) is 17.8 Å². The molecule has 0 radical (unpaired) electrons. The molecule has 0 saturated heterocycles. The highest BCUT2D eigenvalue weighted by molar-refractivity contribution is 5.96. The van der Waals surface area contributed by atoms with Crippen LogP contribution in [-0.2, 0) is 17.8 Å². The molecule has 0 spiro atoms. The van der Waals surface area contributed by atoms with Gasteiger partial charge in [0.2, 0.25) is 5.91 Å². The van der Waals surface area contributed by atoms with E-state index in [1.165, 1.54) is 6.26 Å². The maximum atomic E-state index is 12.1. The van der Waals surface area contributed by atoms with E-state index in [1.807, 2.05) is 18.5 Å². The molecular formula is C17H24N4O3. The minimum absolute atomic E-state index is 0.167. The van der Waals surface area contributed by atoms with Gasteiger partial charge in [0.1, 0.15) is 5.76 Å². The fraction of sp³-hybridized carbons (Fsp3) is 0.471. The molecular weight excluding hydrogens is 308 g/mol. The maximum absolute atomic E-state index is 12.1. The number of rotatable bonds is 5. The average Bonchev–Trinajstić information content (AvgIpc) is 3.03. The van der Waals surface area contributed by atoms with Gasteiger partial charge >= 0.3 is 0 Å². The predicted octanol–water partition coefficient (Wildman–Crippen LogP) is 2.06. The highest BCUT2D eigenvalue weighted by atomic mass is 16.3. The van der Waals surface area contributed by atoms with Gasteiger partial charge in [-0.1, -0.05) is 13.8 Å². The SMILES string of the molecule is Cc1nn(CC(C)C)c(C)c1CC(=O)NNC(=O)c1ccoc1C. The van der Waals surface area contributed by atoms with Gasteiger partial charge < -0.3 is 4.42 Å². The Labute approximate surface area is 141 Å². The van der Waals surface area contributed by atoms with Crippen LogP contribution in [0.5, 0.6) is 0 Å². The van der Waals surface area contributed by atoms with Crippen molar-refractivity contribution >= 4 is 11.8 Å². The summed E-state index contributed by atoms with van der Waals surface area (Å²) in [5, 5.41) is 4.49. The number of hydrogen-bond acceptors (Lipinski definition) is 4. The van der Waals surface area contributed by atoms with Crippen molar-refractivity contribution in [1.82, 2.24) is 20.6 Å². The van der Waals surface area contributed by atoms with Crippen molar-refractivity contribution < 1.29 is 14.0 Å². The summed E-state index contributed by atoms with van der Waals surface area (Å²) in [6, 6.07) is 1.56. The fourth-order valence-electron chi connectivity index (χ4n) is 2.53. The summed E-state index contributed by atoms with van der Waals surface area (Å²) in [5.41, 5.74) is 7.93. The summed E-state index contributed by atoms with van der Waals surface area (Å²) in [6.07, 6.45) is 1.60. The lowest BCUT2D eigenvalue weighted by atomic mass is 10.1. The summed E-state index contributed by atoms with van der Waals surface area (Å²) in [7, 11) is 0. The quantitative estimate of drug-likeness (QED) is 0.820. The number of carbonyl (C=O) groups is 2. The molecule has 2 heterocycles. The second-order valence-electron chi connectivity index (χ2n) is 6.29. The Morgan fingerprint density at radius 3 is 2.54 bits per heavy atom. The second-order valence-corrected chi connectivity index (χ2v) is 6.29. The molecule has 2 amide bonds. The average molecular weight is 332 g/mol. The Morgan fingerprint density at radius 1 is 1.25 bits per heavy atom. The monoisotopic (exact) mass is 332 g/mol. The van der Waals surface area contributed by atoms with Crippen LogP contribution in [0.25, 0.3) is 0 Å². The number of carbonyl (C=O) groups excluding carboxylic acids is 2. The summed E-state index contributed by atoms with van der Waals surface area (Å²) in [5.74, 6) is 0.281. The van der Waals surface area contributed by atoms with Gasteiger partial charge in [-0.3, -0.25) is 25.1 Å². The predicted molar refractivity (Wildman–Crippen MR) is 89.3 cm³/mol. The largest absolute Gasteiger partial charge is 0.469 e. The van der Waals surface area contributed by atoms with Gasteiger partial charge in [0.05, 0.1) is 23.9 Å². The van der Waals surface area contributed by atoms with Crippen LogP contribution in [0.4, 0.5) is 0 Å². The van der Waals surface area contributed by atoms with E-state index in [0.717, 1.165) is 23.5 Å². The minimum atomic E-state index is -0.404. The number of nitrogens with zero attached hydrogens (tertiary/aromatic N) is 2. The topological polar surface area (TPSA) is 89.2 Å². The van der Waals surface area contributed by atoms with E-state index in [4.69, 9.17) is 4.42 Å². The first-order chi connectivity index (χ1) is 11.3. The molecule has 7 nitrogen and oxygen atoms in total. The minimum Gasteiger partial charge on any atom is -0.469 e. The number of furan rings is 1. The van der Waals surface area contributed by atoms with Gasteiger partial charge in [-0.25, -0.2) is 0 Å². The van der Waals surface area contributed by atoms with Crippen LogP contribution in [0.1, 0.15) is 46.9 Å². The van der Waals surface area contributed by atoms with Gasteiger partial charge in [-0.15, -0.1) is 0 Å². The summed E-state index contributed by atoms with van der Waals surface area (Å²) in [6.45, 7) is 10.6. The molecule has 2 aromatic heterocycles. The van der Waals surface area contributed by atoms with Gasteiger partial charge in [0.25, 0.3) is 5.91 Å². The molecule has 2 aromatic rings. The van der Waals surface area contributed by atoms with E-state index in [2.05, 4.69) is 29.8 Å². The number of aryl methyl sites for hydroxylation is 2. The maximum Gasteiger partial charge on any atom is 0.273 e. The summed E-state index contributed by atoms with van der Waals surface area (Å²) in [4.78, 5) is 24.1. The summed E-state index contributed by atoms with van der Waals surface area (Å²) < 4.78 is 7.00. The van der Waals surface area contributed by atoms with Crippen molar-refractivity contribution in [2.75, 3.05) is 0 Å². The number of aromatic nitrogens is 2. The Kier molecular flexibility index (Phi) is 5.43. The third kappa shape index (κ3) is 4.04. The van der Waals surface area contributed by atoms with Crippen LogP contribution in [0.2, 0.25) is 0 Å². The first-order valence-electron chi connectivity index (χ1n) is 7.95. The normalized spacial score (nSPS) is 10.9. The van der Waals surface area contributed by atoms with Crippen LogP contribution < -0.4 is 10.9 Å². The molecule has 0 atom stereocenters. The van der Waals surface area contributed by atoms with Crippen LogP contribution in [0.3, 0.4) is 0 Å². The van der Waals surface area contributed by atoms with Crippen LogP contribution in [0.15, 0.2) is 16.7 Å². The Balaban J connectivity index is 1.96. The number of hydrogen-bond donors (Lipinski definition) is 2. The molecule has 130 valence electrons. The van der Waals surface area contributed by atoms with Gasteiger partial charge in [0.15, 0.2) is 0 Å². The first-order valence-corrected chi connectivity index (χ1v) is 7.95. The van der Waals surface area contributed by atoms with E-state index in [0.29, 0.717) is 17.2 Å². The van der Waals surface area contributed by atoms with Crippen LogP contribution in [-0.4, -0.2) is 21.6 Å². The third-order valence-electron chi connectivity index (χ3n) is 3.83. The van der Waals surface area contributed by atoms with E-state index in [1.54, 1.807) is 13.0 Å². The molecule has 0 aliphatic rings. The lowest BCUT2D eigenvalue weighted by Crippen LogP contribution is -2.42. The standard InChI is InChI=1S/C17H24N4O3/c1-10(2)9-21-12(4)15(11(3)20-21)8-16(22)18-19-17(23)14-6-7-24-13(14)5/h6-7,10H,8-9H2,1-5H3,(H,18,22)(H,19,23). The zero-order chi connectivity index (χ0) is 17.9. The van der Waals surface area contributed by atoms with E-state index >= 15 is 0 Å². The first kappa shape index (κ1) is 17.8. The lowest BCUT2D eigenvalue weighted by molar-refractivity contribution is -0.121. The molecule has 2 rings (SSSR count). The summed E-state index contributed by atoms with van der Waals surface area (Å²) >= 11 is 0. The molecule has 24 heavy (non-hydrogen) atoms. The van der Waals surface area contributed by atoms with Gasteiger partial charge in [-0.2, -0.15) is 5.10 Å². The molecule has 0 unspecified atom stereocenters. The smallest absolute Gasteiger partial charge is 0.273 e. The van der Waals surface area contributed by atoms with E-state index in [-0.39, 0.29) is 12.3 Å². The molecule has 0 bridgehead atoms. The van der Waals surface area contributed by atoms with Crippen molar-refractivity contribution in [1.29, 1.82) is 0 Å². The molecule has 0 aliphatic heterocycles. The molecule has 0 fully saturated rings. The van der Waals surface area contributed by atoms with Crippen molar-refractivity contribution in [3.8, 4) is 0 Å². The third-order valence-corrected chi connectivity index (χ3v) is 3.83. The van der Waals surface area contributed by atoms with Crippen molar-refractivity contribution in [2.45, 2.75) is 47.6 Å². The highest BCUT2D eigenvalue weighted by Crippen LogP contribution is 2.15. The van der Waals surface area contributed by atoms with E-state index < -0.39 is 5.91 Å². The second kappa shape index (κ2) is 7.33. The zero-order valence-corrected chi connectivity index (χ0v) is 14.8. The van der Waals surface area contributed by atoms with Crippen molar-refractivity contribution in [2.24, 2.45) is 5.92 Å². The van der Waals surface area contributed by atoms with Crippen LogP contribution in [0, 0.1) is 26.7 Å². The van der Waals surface area contributed by atoms with Gasteiger partial charge in [-0.05, 0) is 32.8 Å². The van der Waals surface area contributed by atoms with E-state index in [9.17, 15) is 9.59 Å². The van der Waals surface area contributed by atoms with Crippen molar-refractivity contribution in [3.05, 3.63) is 40.6 Å². The molecule has 7 heteroatoms. The Bertz CT molecular complexity index is 743. The Morgan fingerprint density at radius 2 is 1.96 bits per heavy atom. The molecule has 0 saturated carbocycles. The highest BCUT2D eigenvalue weighted by Gasteiger charge is 2.17. The molecule has 0 aliphatic carbocycles. The number of hydrazine groups is 1. The lowest BCUT2D eigenvalue weighted by Gasteiger charge is -2.09. The fourth-order valence-corrected chi connectivity index (χ4v) is 2.53. The van der Waals surface area contributed by atoms with Crippen LogP contribution >= 0.6 is 0 Å². The number of nitrogens with one attached hydrogen (secondary N) is 2. The van der Waals surface area contributed by atoms with Crippen molar-refractivity contribution in [3.63, 3.8) is 0 Å². The zero-order valence-electron chi connectivity index (χ0n) is 14.8. The molecule has 2 N–H and O–H groups in total. The molecule has 0 aromatic carbocycles.